The second-order valence-corrected chi connectivity index (χ2v) is 5.94. The third-order valence-electron chi connectivity index (χ3n) is 2.68. The number of alkyl carbamates (subject to hydrolysis) is 1. The zero-order valence-corrected chi connectivity index (χ0v) is 12.9. The SMILES string of the molecule is CC(C)(C)OC(=O)N[C@H](Cc1cccc(C(F)(F)F)c1)C(=O)O. The highest BCUT2D eigenvalue weighted by Gasteiger charge is 2.31. The molecule has 0 radical (unpaired) electrons. The predicted molar refractivity (Wildman–Crippen MR) is 75.9 cm³/mol. The highest BCUT2D eigenvalue weighted by atomic mass is 19.4. The Hall–Kier alpha value is -2.25. The number of carboxylic acid groups (broad SMARTS) is 1. The zero-order chi connectivity index (χ0) is 17.8. The van der Waals surface area contributed by atoms with Gasteiger partial charge in [0.2, 0.25) is 0 Å². The fourth-order valence-corrected chi connectivity index (χ4v) is 1.76. The van der Waals surface area contributed by atoms with Crippen molar-refractivity contribution in [1.29, 1.82) is 0 Å². The maximum atomic E-state index is 12.7. The number of ether oxygens (including phenoxy) is 1. The maximum Gasteiger partial charge on any atom is 0.416 e. The van der Waals surface area contributed by atoms with Gasteiger partial charge < -0.3 is 15.2 Å². The van der Waals surface area contributed by atoms with Crippen LogP contribution in [-0.4, -0.2) is 28.8 Å². The standard InChI is InChI=1S/C15H18F3NO4/c1-14(2,3)23-13(22)19-11(12(20)21)8-9-5-4-6-10(7-9)15(16,17)18/h4-7,11H,8H2,1-3H3,(H,19,22)(H,20,21)/t11-/m1/s1. The van der Waals surface area contributed by atoms with E-state index >= 15 is 0 Å². The molecule has 0 aliphatic carbocycles. The molecule has 8 heteroatoms. The number of carbonyl (C=O) groups is 2. The van der Waals surface area contributed by atoms with Crippen LogP contribution in [0.4, 0.5) is 18.0 Å². The molecular weight excluding hydrogens is 315 g/mol. The summed E-state index contributed by atoms with van der Waals surface area (Å²) in [5, 5.41) is 11.3. The molecule has 0 unspecified atom stereocenters. The molecule has 1 amide bonds. The largest absolute Gasteiger partial charge is 0.480 e. The molecule has 0 spiro atoms. The Balaban J connectivity index is 2.85. The topological polar surface area (TPSA) is 75.6 Å². The maximum absolute atomic E-state index is 12.7. The summed E-state index contributed by atoms with van der Waals surface area (Å²) in [4.78, 5) is 22.8. The summed E-state index contributed by atoms with van der Waals surface area (Å²) in [6, 6.07) is 2.90. The lowest BCUT2D eigenvalue weighted by atomic mass is 10.0. The van der Waals surface area contributed by atoms with Gasteiger partial charge in [-0.1, -0.05) is 18.2 Å². The van der Waals surface area contributed by atoms with Crippen molar-refractivity contribution in [2.75, 3.05) is 0 Å². The Morgan fingerprint density at radius 3 is 2.35 bits per heavy atom. The number of benzene rings is 1. The second kappa shape index (κ2) is 6.89. The van der Waals surface area contributed by atoms with Gasteiger partial charge in [-0.2, -0.15) is 13.2 Å². The summed E-state index contributed by atoms with van der Waals surface area (Å²) in [5.41, 5.74) is -1.55. The van der Waals surface area contributed by atoms with Gasteiger partial charge >= 0.3 is 18.2 Å². The first-order valence-electron chi connectivity index (χ1n) is 6.77. The lowest BCUT2D eigenvalue weighted by molar-refractivity contribution is -0.139. The minimum atomic E-state index is -4.52. The Morgan fingerprint density at radius 2 is 1.87 bits per heavy atom. The van der Waals surface area contributed by atoms with Gasteiger partial charge in [-0.25, -0.2) is 9.59 Å². The average molecular weight is 333 g/mol. The van der Waals surface area contributed by atoms with Crippen molar-refractivity contribution < 1.29 is 32.6 Å². The van der Waals surface area contributed by atoms with Crippen LogP contribution in [0.25, 0.3) is 0 Å². The van der Waals surface area contributed by atoms with E-state index in [0.717, 1.165) is 12.1 Å². The minimum Gasteiger partial charge on any atom is -0.480 e. The van der Waals surface area contributed by atoms with Crippen LogP contribution in [0.2, 0.25) is 0 Å². The molecule has 1 atom stereocenters. The van der Waals surface area contributed by atoms with Gasteiger partial charge in [0.1, 0.15) is 11.6 Å². The van der Waals surface area contributed by atoms with E-state index in [0.29, 0.717) is 0 Å². The van der Waals surface area contributed by atoms with E-state index in [9.17, 15) is 22.8 Å². The molecule has 23 heavy (non-hydrogen) atoms. The predicted octanol–water partition coefficient (Wildman–Crippen LogP) is 3.23. The number of hydrogen-bond acceptors (Lipinski definition) is 3. The molecule has 0 aromatic heterocycles. The lowest BCUT2D eigenvalue weighted by Crippen LogP contribution is -2.44. The summed E-state index contributed by atoms with van der Waals surface area (Å²) in [5.74, 6) is -1.37. The van der Waals surface area contributed by atoms with Gasteiger partial charge in [-0.15, -0.1) is 0 Å². The molecular formula is C15H18F3NO4. The average Bonchev–Trinajstić information content (AvgIpc) is 2.35. The minimum absolute atomic E-state index is 0.142. The van der Waals surface area contributed by atoms with Gasteiger partial charge in [0.15, 0.2) is 0 Å². The van der Waals surface area contributed by atoms with E-state index in [4.69, 9.17) is 9.84 Å². The normalized spacial score (nSPS) is 13.3. The van der Waals surface area contributed by atoms with Gasteiger partial charge in [0.05, 0.1) is 5.56 Å². The van der Waals surface area contributed by atoms with E-state index < -0.39 is 35.4 Å². The van der Waals surface area contributed by atoms with Crippen molar-refractivity contribution in [2.45, 2.75) is 45.0 Å². The van der Waals surface area contributed by atoms with Crippen molar-refractivity contribution in [3.05, 3.63) is 35.4 Å². The number of hydrogen-bond donors (Lipinski definition) is 2. The summed E-state index contributed by atoms with van der Waals surface area (Å²) in [7, 11) is 0. The molecule has 0 aliphatic rings. The number of rotatable bonds is 4. The molecule has 0 fully saturated rings. The second-order valence-electron chi connectivity index (χ2n) is 5.94. The number of nitrogens with one attached hydrogen (secondary N) is 1. The summed E-state index contributed by atoms with van der Waals surface area (Å²) in [6.45, 7) is 4.82. The van der Waals surface area contributed by atoms with Gasteiger partial charge in [-0.3, -0.25) is 0 Å². The number of amides is 1. The molecule has 0 heterocycles. The quantitative estimate of drug-likeness (QED) is 0.887. The van der Waals surface area contributed by atoms with Crippen molar-refractivity contribution in [3.8, 4) is 0 Å². The van der Waals surface area contributed by atoms with Crippen LogP contribution in [-0.2, 0) is 22.1 Å². The highest BCUT2D eigenvalue weighted by molar-refractivity contribution is 5.80. The van der Waals surface area contributed by atoms with E-state index in [-0.39, 0.29) is 12.0 Å². The van der Waals surface area contributed by atoms with Gasteiger partial charge in [0.25, 0.3) is 0 Å². The molecule has 2 N–H and O–H groups in total. The van der Waals surface area contributed by atoms with Crippen LogP contribution in [0.3, 0.4) is 0 Å². The molecule has 1 rings (SSSR count). The number of alkyl halides is 3. The molecule has 0 aliphatic heterocycles. The van der Waals surface area contributed by atoms with Crippen LogP contribution in [0.15, 0.2) is 24.3 Å². The first-order valence-corrected chi connectivity index (χ1v) is 6.77. The number of carboxylic acids is 1. The van der Waals surface area contributed by atoms with Crippen LogP contribution < -0.4 is 5.32 Å². The fraction of sp³-hybridized carbons (Fsp3) is 0.467. The number of carbonyl (C=O) groups excluding carboxylic acids is 1. The highest BCUT2D eigenvalue weighted by Crippen LogP contribution is 2.29. The zero-order valence-electron chi connectivity index (χ0n) is 12.9. The third kappa shape index (κ3) is 6.58. The van der Waals surface area contributed by atoms with E-state index in [1.807, 2.05) is 0 Å². The van der Waals surface area contributed by atoms with E-state index in [1.165, 1.54) is 12.1 Å². The van der Waals surface area contributed by atoms with Gasteiger partial charge in [-0.05, 0) is 32.4 Å². The smallest absolute Gasteiger partial charge is 0.416 e. The first-order chi connectivity index (χ1) is 10.4. The van der Waals surface area contributed by atoms with Crippen LogP contribution >= 0.6 is 0 Å². The first kappa shape index (κ1) is 18.8. The van der Waals surface area contributed by atoms with Crippen LogP contribution in [0, 0.1) is 0 Å². The number of halogens is 3. The van der Waals surface area contributed by atoms with Crippen LogP contribution in [0.5, 0.6) is 0 Å². The molecule has 128 valence electrons. The monoisotopic (exact) mass is 333 g/mol. The van der Waals surface area contributed by atoms with Crippen molar-refractivity contribution >= 4 is 12.1 Å². The Morgan fingerprint density at radius 1 is 1.26 bits per heavy atom. The molecule has 0 saturated heterocycles. The molecule has 5 nitrogen and oxygen atoms in total. The Bertz CT molecular complexity index is 579. The van der Waals surface area contributed by atoms with Crippen molar-refractivity contribution in [2.24, 2.45) is 0 Å². The lowest BCUT2D eigenvalue weighted by Gasteiger charge is -2.22. The summed E-state index contributed by atoms with van der Waals surface area (Å²) in [6.07, 6.45) is -5.76. The Kier molecular flexibility index (Phi) is 5.63. The fourth-order valence-electron chi connectivity index (χ4n) is 1.76. The summed E-state index contributed by atoms with van der Waals surface area (Å²) >= 11 is 0. The van der Waals surface area contributed by atoms with E-state index in [1.54, 1.807) is 20.8 Å². The molecule has 1 aromatic carbocycles. The van der Waals surface area contributed by atoms with E-state index in [2.05, 4.69) is 5.32 Å². The molecule has 0 bridgehead atoms. The molecule has 1 aromatic rings. The number of aliphatic carboxylic acids is 1. The summed E-state index contributed by atoms with van der Waals surface area (Å²) < 4.78 is 42.9. The molecule has 0 saturated carbocycles. The van der Waals surface area contributed by atoms with Crippen LogP contribution in [0.1, 0.15) is 31.9 Å². The van der Waals surface area contributed by atoms with Gasteiger partial charge in [0, 0.05) is 6.42 Å². The third-order valence-corrected chi connectivity index (χ3v) is 2.68. The van der Waals surface area contributed by atoms with Crippen molar-refractivity contribution in [1.82, 2.24) is 5.32 Å². The Labute approximate surface area is 131 Å². The van der Waals surface area contributed by atoms with Crippen molar-refractivity contribution in [3.63, 3.8) is 0 Å².